The smallest absolute Gasteiger partial charge is 0.255 e. The molecule has 0 aliphatic rings. The third-order valence-corrected chi connectivity index (χ3v) is 12.5. The van der Waals surface area contributed by atoms with E-state index in [9.17, 15) is 64.5 Å². The van der Waals surface area contributed by atoms with Crippen LogP contribution in [0.1, 0.15) is 59.0 Å². The van der Waals surface area contributed by atoms with E-state index in [4.69, 9.17) is 5.11 Å². The lowest BCUT2D eigenvalue weighted by atomic mass is 10.00. The molecule has 0 saturated carbocycles. The van der Waals surface area contributed by atoms with Gasteiger partial charge in [-0.3, -0.25) is 28.8 Å². The van der Waals surface area contributed by atoms with Gasteiger partial charge in [0, 0.05) is 39.9 Å². The first-order chi connectivity index (χ1) is 27.3. The molecule has 3 atom stereocenters. The van der Waals surface area contributed by atoms with Crippen molar-refractivity contribution in [2.24, 2.45) is 0 Å². The lowest BCUT2D eigenvalue weighted by Crippen LogP contribution is -2.42. The number of rotatable bonds is 21. The Balaban J connectivity index is 2.53. The second-order valence-electron chi connectivity index (χ2n) is 12.5. The summed E-state index contributed by atoms with van der Waals surface area (Å²) in [6.07, 6.45) is -3.92. The van der Waals surface area contributed by atoms with Crippen molar-refractivity contribution < 1.29 is 69.6 Å². The molecular formula is C34H44I4N6O14. The van der Waals surface area contributed by atoms with Crippen molar-refractivity contribution in [3.63, 3.8) is 0 Å². The number of hydrogen-bond donors (Lipinski definition) is 13. The van der Waals surface area contributed by atoms with Gasteiger partial charge in [0.15, 0.2) is 0 Å². The van der Waals surface area contributed by atoms with Gasteiger partial charge in [0.05, 0.1) is 78.9 Å². The number of nitrogens with zero attached hydrogens (tertiary/aromatic N) is 1. The summed E-state index contributed by atoms with van der Waals surface area (Å²) in [4.78, 5) is 80.4. The van der Waals surface area contributed by atoms with Crippen LogP contribution < -0.4 is 26.6 Å². The number of aliphatic hydroxyl groups is 8. The molecule has 0 fully saturated rings. The first-order valence-corrected chi connectivity index (χ1v) is 21.5. The van der Waals surface area contributed by atoms with Crippen molar-refractivity contribution in [1.29, 1.82) is 0 Å². The molecule has 0 radical (unpaired) electrons. The molecule has 0 bridgehead atoms. The molecule has 0 heterocycles. The monoisotopic (exact) mass is 1270 g/mol. The van der Waals surface area contributed by atoms with Crippen LogP contribution >= 0.6 is 90.4 Å². The van der Waals surface area contributed by atoms with Gasteiger partial charge in [-0.15, -0.1) is 0 Å². The lowest BCUT2D eigenvalue weighted by Gasteiger charge is -2.28. The normalized spacial score (nSPS) is 12.6. The minimum atomic E-state index is -1.41. The maximum Gasteiger partial charge on any atom is 0.255 e. The van der Waals surface area contributed by atoms with E-state index in [1.807, 2.05) is 22.6 Å². The summed E-state index contributed by atoms with van der Waals surface area (Å²) in [7, 11) is 0. The van der Waals surface area contributed by atoms with Gasteiger partial charge in [-0.1, -0.05) is 0 Å². The second-order valence-corrected chi connectivity index (χ2v) is 16.8. The van der Waals surface area contributed by atoms with E-state index in [1.54, 1.807) is 67.8 Å². The van der Waals surface area contributed by atoms with E-state index >= 15 is 0 Å². The summed E-state index contributed by atoms with van der Waals surface area (Å²) >= 11 is 7.17. The predicted octanol–water partition coefficient (Wildman–Crippen LogP) is -1.64. The molecule has 2 aromatic rings. The fraction of sp³-hybridized carbons (Fsp3) is 0.471. The molecule has 6 amide bonds. The van der Waals surface area contributed by atoms with Gasteiger partial charge in [0.2, 0.25) is 11.8 Å². The Labute approximate surface area is 386 Å². The highest BCUT2D eigenvalue weighted by Crippen LogP contribution is 2.36. The Bertz CT molecular complexity index is 1870. The van der Waals surface area contributed by atoms with Crippen molar-refractivity contribution in [2.75, 3.05) is 76.4 Å². The molecule has 0 aliphatic carbocycles. The van der Waals surface area contributed by atoms with Crippen LogP contribution in [0.4, 0.5) is 11.4 Å². The first-order valence-electron chi connectivity index (χ1n) is 17.2. The van der Waals surface area contributed by atoms with Crippen molar-refractivity contribution in [2.45, 2.75) is 38.6 Å². The lowest BCUT2D eigenvalue weighted by molar-refractivity contribution is -0.119. The third kappa shape index (κ3) is 13.7. The van der Waals surface area contributed by atoms with Crippen LogP contribution in [0.25, 0.3) is 0 Å². The van der Waals surface area contributed by atoms with Crippen LogP contribution in [0.3, 0.4) is 0 Å². The SMILES string of the molecule is Cc1c(NC(=O)CO)c(I)c(C(=O)NCCCN(CC(O)CO)C(=O)c2c(C)c(NC(=O)CO)c(I)c(C(=O)NCC(O)CO)c2I)c(I)c1C(=O)NCC(O)CO. The van der Waals surface area contributed by atoms with Gasteiger partial charge in [0.25, 0.3) is 23.6 Å². The molecule has 24 heteroatoms. The first kappa shape index (κ1) is 52.0. The maximum atomic E-state index is 14.3. The number of anilines is 2. The van der Waals surface area contributed by atoms with Crippen LogP contribution in [-0.4, -0.2) is 165 Å². The molecule has 13 N–H and O–H groups in total. The van der Waals surface area contributed by atoms with Crippen LogP contribution in [0.2, 0.25) is 0 Å². The van der Waals surface area contributed by atoms with Crippen LogP contribution in [-0.2, 0) is 9.59 Å². The van der Waals surface area contributed by atoms with E-state index in [2.05, 4.69) is 26.6 Å². The van der Waals surface area contributed by atoms with Crippen LogP contribution in [0.5, 0.6) is 0 Å². The molecule has 3 unspecified atom stereocenters. The summed E-state index contributed by atoms with van der Waals surface area (Å²) < 4.78 is 0.725. The van der Waals surface area contributed by atoms with Crippen LogP contribution in [0, 0.1) is 28.1 Å². The fourth-order valence-electron chi connectivity index (χ4n) is 5.21. The molecule has 322 valence electrons. The summed E-state index contributed by atoms with van der Waals surface area (Å²) in [5.41, 5.74) is 0.366. The Morgan fingerprint density at radius 2 is 0.966 bits per heavy atom. The Morgan fingerprint density at radius 3 is 1.40 bits per heavy atom. The summed E-state index contributed by atoms with van der Waals surface area (Å²) in [6.45, 7) is -2.10. The minimum Gasteiger partial charge on any atom is -0.394 e. The molecule has 2 aromatic carbocycles. The van der Waals surface area contributed by atoms with Gasteiger partial charge >= 0.3 is 0 Å². The highest BCUT2D eigenvalue weighted by atomic mass is 127. The predicted molar refractivity (Wildman–Crippen MR) is 241 cm³/mol. The number of amides is 6. The average molecular weight is 1270 g/mol. The Hall–Kier alpha value is -2.14. The quantitative estimate of drug-likeness (QED) is 0.0493. The summed E-state index contributed by atoms with van der Waals surface area (Å²) in [5, 5.41) is 89.4. The number of benzene rings is 2. The zero-order valence-electron chi connectivity index (χ0n) is 31.0. The highest BCUT2D eigenvalue weighted by Gasteiger charge is 2.32. The number of carbonyl (C=O) groups excluding carboxylic acids is 6. The van der Waals surface area contributed by atoms with Crippen molar-refractivity contribution in [3.8, 4) is 0 Å². The zero-order chi connectivity index (χ0) is 44.0. The van der Waals surface area contributed by atoms with Gasteiger partial charge in [-0.05, 0) is 122 Å². The fourth-order valence-corrected chi connectivity index (χ4v) is 10.7. The molecule has 0 saturated heterocycles. The largest absolute Gasteiger partial charge is 0.394 e. The van der Waals surface area contributed by atoms with Crippen molar-refractivity contribution in [3.05, 3.63) is 47.7 Å². The number of halogens is 4. The highest BCUT2D eigenvalue weighted by molar-refractivity contribution is 14.1. The Kier molecular flexibility index (Phi) is 22.4. The average Bonchev–Trinajstić information content (AvgIpc) is 3.19. The second kappa shape index (κ2) is 25.0. The molecule has 20 nitrogen and oxygen atoms in total. The molecular weight excluding hydrogens is 1220 g/mol. The van der Waals surface area contributed by atoms with Crippen LogP contribution in [0.15, 0.2) is 0 Å². The maximum absolute atomic E-state index is 14.3. The number of nitrogens with one attached hydrogen (secondary N) is 5. The van der Waals surface area contributed by atoms with E-state index in [1.165, 1.54) is 18.7 Å². The van der Waals surface area contributed by atoms with Gasteiger partial charge in [-0.25, -0.2) is 0 Å². The molecule has 2 rings (SSSR count). The third-order valence-electron chi connectivity index (χ3n) is 8.20. The zero-order valence-corrected chi connectivity index (χ0v) is 39.6. The van der Waals surface area contributed by atoms with Crippen molar-refractivity contribution in [1.82, 2.24) is 20.9 Å². The van der Waals surface area contributed by atoms with Gasteiger partial charge in [0.1, 0.15) is 13.2 Å². The topological polar surface area (TPSA) is 328 Å². The van der Waals surface area contributed by atoms with Gasteiger partial charge < -0.3 is 72.3 Å². The summed E-state index contributed by atoms with van der Waals surface area (Å²) in [5.74, 6) is -4.59. The molecule has 58 heavy (non-hydrogen) atoms. The number of hydrogen-bond acceptors (Lipinski definition) is 14. The van der Waals surface area contributed by atoms with E-state index in [-0.39, 0.29) is 91.6 Å². The van der Waals surface area contributed by atoms with Gasteiger partial charge in [-0.2, -0.15) is 0 Å². The number of carbonyl (C=O) groups is 6. The van der Waals surface area contributed by atoms with E-state index < -0.39 is 93.3 Å². The Morgan fingerprint density at radius 1 is 0.569 bits per heavy atom. The molecule has 0 aromatic heterocycles. The number of aliphatic hydroxyl groups excluding tert-OH is 8. The van der Waals surface area contributed by atoms with E-state index in [0.717, 1.165) is 0 Å². The van der Waals surface area contributed by atoms with Crippen molar-refractivity contribution >= 4 is 137 Å². The molecule has 0 aliphatic heterocycles. The standard InChI is InChI=1S/C34H44I4N6O14/c1-14-21(31(55)40-6-16(50)9-45)25(35)23(27(37)29(14)42-19(53)12-48)32(56)39-4-3-5-44(8-18(52)11-47)34(58)22-15(2)30(43-20(54)13-49)28(38)24(26(22)36)33(57)41-7-17(51)10-46/h16-18,45-52H,3-13H2,1-2H3,(H,39,56)(H,40,55)(H,41,57)(H,42,53)(H,43,54). The summed E-state index contributed by atoms with van der Waals surface area (Å²) in [6, 6.07) is 0. The molecule has 0 spiro atoms. The van der Waals surface area contributed by atoms with E-state index in [0.29, 0.717) is 0 Å². The minimum absolute atomic E-state index is 0.0182.